The van der Waals surface area contributed by atoms with Crippen molar-refractivity contribution in [2.75, 3.05) is 0 Å². The van der Waals surface area contributed by atoms with E-state index in [9.17, 15) is 13.2 Å². The minimum Gasteiger partial charge on any atom is -0.321 e. The van der Waals surface area contributed by atoms with Crippen LogP contribution in [-0.4, -0.2) is 23.5 Å². The number of aromatic nitrogens is 1. The third-order valence-electron chi connectivity index (χ3n) is 7.02. The van der Waals surface area contributed by atoms with E-state index >= 15 is 0 Å². The van der Waals surface area contributed by atoms with Crippen LogP contribution in [0, 0.1) is 6.92 Å². The van der Waals surface area contributed by atoms with E-state index in [1.54, 1.807) is 24.3 Å². The zero-order valence-corrected chi connectivity index (χ0v) is 25.3. The maximum absolute atomic E-state index is 14.0. The summed E-state index contributed by atoms with van der Waals surface area (Å²) in [4.78, 5) is 16.9. The predicted octanol–water partition coefficient (Wildman–Crippen LogP) is 7.57. The first-order chi connectivity index (χ1) is 19.2. The van der Waals surface area contributed by atoms with Crippen molar-refractivity contribution in [2.24, 2.45) is 5.10 Å². The van der Waals surface area contributed by atoms with Gasteiger partial charge in [-0.1, -0.05) is 92.0 Å². The Morgan fingerprint density at radius 3 is 2.23 bits per heavy atom. The molecule has 1 aromatic heterocycles. The molecule has 1 aliphatic rings. The largest absolute Gasteiger partial charge is 0.321 e. The highest BCUT2D eigenvalue weighted by atomic mass is 79.9. The van der Waals surface area contributed by atoms with E-state index in [1.165, 1.54) is 0 Å². The van der Waals surface area contributed by atoms with E-state index in [0.717, 1.165) is 35.4 Å². The van der Waals surface area contributed by atoms with E-state index in [4.69, 9.17) is 5.10 Å². The van der Waals surface area contributed by atoms with Gasteiger partial charge >= 0.3 is 0 Å². The summed E-state index contributed by atoms with van der Waals surface area (Å²) in [5, 5.41) is 5.54. The minimum atomic E-state index is -4.03. The highest BCUT2D eigenvalue weighted by Crippen LogP contribution is 2.40. The Hall–Kier alpha value is -3.53. The molecule has 2 heterocycles. The number of H-pyrrole nitrogens is 1. The molecule has 0 saturated carbocycles. The smallest absolute Gasteiger partial charge is 0.279 e. The van der Waals surface area contributed by atoms with Crippen molar-refractivity contribution in [3.63, 3.8) is 0 Å². The van der Waals surface area contributed by atoms with Crippen LogP contribution in [0.15, 0.2) is 121 Å². The van der Waals surface area contributed by atoms with Crippen molar-refractivity contribution in [1.82, 2.24) is 9.40 Å². The molecule has 1 unspecified atom stereocenters. The molecule has 0 radical (unpaired) electrons. The highest BCUT2D eigenvalue weighted by molar-refractivity contribution is 9.10. The molecule has 9 heteroatoms. The Morgan fingerprint density at radius 2 is 1.52 bits per heavy atom. The molecule has 6 nitrogen and oxygen atoms in total. The molecule has 5 aromatic rings. The molecule has 0 spiro atoms. The Bertz CT molecular complexity index is 1940. The Balaban J connectivity index is 1.60. The van der Waals surface area contributed by atoms with Crippen LogP contribution in [0.5, 0.6) is 0 Å². The fraction of sp³-hybridized carbons (Fsp3) is 0.0968. The van der Waals surface area contributed by atoms with Gasteiger partial charge in [-0.25, -0.2) is 0 Å². The average molecular weight is 677 g/mol. The first-order valence-electron chi connectivity index (χ1n) is 12.6. The quantitative estimate of drug-likeness (QED) is 0.209. The molecule has 0 amide bonds. The average Bonchev–Trinajstić information content (AvgIpc) is 3.40. The fourth-order valence-corrected chi connectivity index (χ4v) is 7.12. The lowest BCUT2D eigenvalue weighted by atomic mass is 9.91. The molecule has 1 atom stereocenters. The standard InChI is InChI=1S/C31H23Br2N3O3S/c1-19-7-14-24(15-8-19)40(38,39)36-28(20-9-11-22(32)12-10-20)18-27(35-36)30-29(21-5-3-2-4-6-21)25-17-23(33)13-16-26(25)34-31(30)37/h2-17,28H,18H2,1H3,(H,34,37). The van der Waals surface area contributed by atoms with Crippen molar-refractivity contribution in [1.29, 1.82) is 0 Å². The van der Waals surface area contributed by atoms with E-state index in [1.807, 2.05) is 79.7 Å². The second-order valence-corrected chi connectivity index (χ2v) is 13.3. The summed E-state index contributed by atoms with van der Waals surface area (Å²) in [5.74, 6) is 0. The number of hydrazone groups is 1. The zero-order valence-electron chi connectivity index (χ0n) is 21.3. The van der Waals surface area contributed by atoms with Gasteiger partial charge in [0.1, 0.15) is 0 Å². The SMILES string of the molecule is Cc1ccc(S(=O)(=O)N2N=C(c3c(-c4ccccc4)c4cc(Br)ccc4[nH]c3=O)CC2c2ccc(Br)cc2)cc1. The lowest BCUT2D eigenvalue weighted by Gasteiger charge is -2.23. The van der Waals surface area contributed by atoms with Gasteiger partial charge in [-0.15, -0.1) is 0 Å². The molecule has 1 aliphatic heterocycles. The Morgan fingerprint density at radius 1 is 0.850 bits per heavy atom. The number of nitrogens with one attached hydrogen (secondary N) is 1. The van der Waals surface area contributed by atoms with Gasteiger partial charge in [-0.2, -0.15) is 17.9 Å². The maximum Gasteiger partial charge on any atom is 0.279 e. The second-order valence-electron chi connectivity index (χ2n) is 9.67. The van der Waals surface area contributed by atoms with Gasteiger partial charge in [0, 0.05) is 31.8 Å². The van der Waals surface area contributed by atoms with E-state index in [-0.39, 0.29) is 16.9 Å². The van der Waals surface area contributed by atoms with E-state index in [0.29, 0.717) is 22.4 Å². The number of hydrogen-bond donors (Lipinski definition) is 1. The molecular weight excluding hydrogens is 654 g/mol. The van der Waals surface area contributed by atoms with Crippen LogP contribution in [0.3, 0.4) is 0 Å². The van der Waals surface area contributed by atoms with Crippen molar-refractivity contribution >= 4 is 58.5 Å². The summed E-state index contributed by atoms with van der Waals surface area (Å²) in [6, 6.07) is 28.9. The van der Waals surface area contributed by atoms with Crippen LogP contribution >= 0.6 is 31.9 Å². The van der Waals surface area contributed by atoms with Crippen LogP contribution in [0.25, 0.3) is 22.0 Å². The van der Waals surface area contributed by atoms with Gasteiger partial charge in [0.2, 0.25) is 0 Å². The van der Waals surface area contributed by atoms with Gasteiger partial charge in [-0.3, -0.25) is 4.79 Å². The van der Waals surface area contributed by atoms with E-state index < -0.39 is 16.1 Å². The molecule has 1 N–H and O–H groups in total. The molecule has 4 aromatic carbocycles. The summed E-state index contributed by atoms with van der Waals surface area (Å²) in [6.07, 6.45) is 0.231. The second kappa shape index (κ2) is 10.5. The summed E-state index contributed by atoms with van der Waals surface area (Å²) < 4.78 is 30.9. The predicted molar refractivity (Wildman–Crippen MR) is 166 cm³/mol. The van der Waals surface area contributed by atoms with Crippen LogP contribution in [0.1, 0.15) is 29.2 Å². The zero-order chi connectivity index (χ0) is 28.0. The van der Waals surface area contributed by atoms with Crippen molar-refractivity contribution < 1.29 is 8.42 Å². The number of hydrogen-bond acceptors (Lipinski definition) is 4. The normalized spacial score (nSPS) is 15.4. The number of pyridine rings is 1. The molecule has 40 heavy (non-hydrogen) atoms. The van der Waals surface area contributed by atoms with Crippen molar-refractivity contribution in [2.45, 2.75) is 24.3 Å². The number of benzene rings is 4. The third kappa shape index (κ3) is 4.82. The molecule has 6 rings (SSSR count). The topological polar surface area (TPSA) is 82.6 Å². The first-order valence-corrected chi connectivity index (χ1v) is 15.6. The summed E-state index contributed by atoms with van der Waals surface area (Å²) in [5.41, 5.74) is 4.41. The fourth-order valence-electron chi connectivity index (χ4n) is 5.06. The van der Waals surface area contributed by atoms with Crippen LogP contribution < -0.4 is 5.56 Å². The molecule has 200 valence electrons. The number of sulfonamides is 1. The third-order valence-corrected chi connectivity index (χ3v) is 9.74. The van der Waals surface area contributed by atoms with Crippen LogP contribution in [0.4, 0.5) is 0 Å². The van der Waals surface area contributed by atoms with Crippen molar-refractivity contribution in [3.05, 3.63) is 133 Å². The molecular formula is C31H23Br2N3O3S. The molecule has 0 bridgehead atoms. The lowest BCUT2D eigenvalue weighted by molar-refractivity contribution is 0.371. The highest BCUT2D eigenvalue weighted by Gasteiger charge is 2.39. The number of rotatable bonds is 5. The van der Waals surface area contributed by atoms with Gasteiger partial charge in [0.25, 0.3) is 15.6 Å². The lowest BCUT2D eigenvalue weighted by Crippen LogP contribution is -2.27. The van der Waals surface area contributed by atoms with Crippen molar-refractivity contribution in [3.8, 4) is 11.1 Å². The summed E-state index contributed by atoms with van der Waals surface area (Å²) >= 11 is 7.03. The molecule has 0 fully saturated rings. The molecule has 0 saturated heterocycles. The van der Waals surface area contributed by atoms with Gasteiger partial charge in [0.05, 0.1) is 22.2 Å². The van der Waals surface area contributed by atoms with Gasteiger partial charge in [-0.05, 0) is 60.5 Å². The first kappa shape index (κ1) is 26.7. The van der Waals surface area contributed by atoms with Crippen LogP contribution in [-0.2, 0) is 10.0 Å². The Kier molecular flexibility index (Phi) is 6.98. The number of nitrogens with zero attached hydrogens (tertiary/aromatic N) is 2. The molecule has 0 aliphatic carbocycles. The number of aryl methyl sites for hydroxylation is 1. The Labute approximate surface area is 248 Å². The van der Waals surface area contributed by atoms with Gasteiger partial charge < -0.3 is 4.98 Å². The van der Waals surface area contributed by atoms with Gasteiger partial charge in [0.15, 0.2) is 0 Å². The number of halogens is 2. The van der Waals surface area contributed by atoms with E-state index in [2.05, 4.69) is 36.8 Å². The maximum atomic E-state index is 14.0. The minimum absolute atomic E-state index is 0.143. The number of aromatic amines is 1. The van der Waals surface area contributed by atoms with Crippen LogP contribution in [0.2, 0.25) is 0 Å². The monoisotopic (exact) mass is 675 g/mol. The number of fused-ring (bicyclic) bond motifs is 1. The summed E-state index contributed by atoms with van der Waals surface area (Å²) in [7, 11) is -4.03. The summed E-state index contributed by atoms with van der Waals surface area (Å²) in [6.45, 7) is 1.91.